The number of nitro benzene ring substituents is 1. The van der Waals surface area contributed by atoms with Gasteiger partial charge in [-0.05, 0) is 13.8 Å². The maximum absolute atomic E-state index is 12.8. The minimum absolute atomic E-state index is 0.0144. The molecule has 0 spiro atoms. The van der Waals surface area contributed by atoms with Crippen molar-refractivity contribution in [2.45, 2.75) is 26.1 Å². The standard InChI is InChI=1S/C15H18N2O6/c1-9-7-16(8-10(2)23-9)15(18)11-5-13-14(22-4-3-21-13)6-12(11)17(19)20/h5-6,9-10H,3-4,7-8H2,1-2H3. The van der Waals surface area contributed by atoms with E-state index in [1.54, 1.807) is 4.90 Å². The van der Waals surface area contributed by atoms with Gasteiger partial charge in [0.25, 0.3) is 11.6 Å². The van der Waals surface area contributed by atoms with E-state index in [9.17, 15) is 14.9 Å². The van der Waals surface area contributed by atoms with Crippen molar-refractivity contribution in [1.29, 1.82) is 0 Å². The number of benzene rings is 1. The van der Waals surface area contributed by atoms with Crippen LogP contribution < -0.4 is 9.47 Å². The fraction of sp³-hybridized carbons (Fsp3) is 0.533. The van der Waals surface area contributed by atoms with E-state index in [2.05, 4.69) is 0 Å². The molecule has 0 radical (unpaired) electrons. The van der Waals surface area contributed by atoms with Crippen molar-refractivity contribution in [3.63, 3.8) is 0 Å². The maximum Gasteiger partial charge on any atom is 0.286 e. The molecule has 0 saturated carbocycles. The number of amides is 1. The molecule has 0 bridgehead atoms. The third-order valence-electron chi connectivity index (χ3n) is 3.79. The summed E-state index contributed by atoms with van der Waals surface area (Å²) in [7, 11) is 0. The summed E-state index contributed by atoms with van der Waals surface area (Å²) in [6.45, 7) is 5.21. The molecule has 0 aliphatic carbocycles. The Bertz CT molecular complexity index is 637. The van der Waals surface area contributed by atoms with Crippen LogP contribution in [0.4, 0.5) is 5.69 Å². The Morgan fingerprint density at radius 1 is 1.17 bits per heavy atom. The second-order valence-corrected chi connectivity index (χ2v) is 5.74. The van der Waals surface area contributed by atoms with Gasteiger partial charge < -0.3 is 19.1 Å². The number of nitro groups is 1. The minimum Gasteiger partial charge on any atom is -0.486 e. The molecule has 8 nitrogen and oxygen atoms in total. The van der Waals surface area contributed by atoms with Crippen molar-refractivity contribution < 1.29 is 23.9 Å². The molecule has 2 unspecified atom stereocenters. The molecule has 1 saturated heterocycles. The lowest BCUT2D eigenvalue weighted by molar-refractivity contribution is -0.385. The van der Waals surface area contributed by atoms with Gasteiger partial charge in [0.15, 0.2) is 11.5 Å². The summed E-state index contributed by atoms with van der Waals surface area (Å²) in [4.78, 5) is 25.1. The van der Waals surface area contributed by atoms with Gasteiger partial charge in [-0.3, -0.25) is 14.9 Å². The summed E-state index contributed by atoms with van der Waals surface area (Å²) in [5, 5.41) is 11.3. The van der Waals surface area contributed by atoms with Crippen molar-refractivity contribution in [3.05, 3.63) is 27.8 Å². The number of rotatable bonds is 2. The third kappa shape index (κ3) is 3.07. The first kappa shape index (κ1) is 15.5. The van der Waals surface area contributed by atoms with Gasteiger partial charge in [0, 0.05) is 19.2 Å². The van der Waals surface area contributed by atoms with E-state index in [1.165, 1.54) is 12.1 Å². The van der Waals surface area contributed by atoms with Crippen LogP contribution in [0.2, 0.25) is 0 Å². The average Bonchev–Trinajstić information content (AvgIpc) is 2.52. The summed E-state index contributed by atoms with van der Waals surface area (Å²) >= 11 is 0. The van der Waals surface area contributed by atoms with Crippen LogP contribution in [0.1, 0.15) is 24.2 Å². The first-order valence-corrected chi connectivity index (χ1v) is 7.48. The summed E-state index contributed by atoms with van der Waals surface area (Å²) in [5.74, 6) is 0.262. The van der Waals surface area contributed by atoms with Crippen LogP contribution in [0.3, 0.4) is 0 Å². The molecule has 0 N–H and O–H groups in total. The Balaban J connectivity index is 1.97. The maximum atomic E-state index is 12.8. The molecule has 2 heterocycles. The smallest absolute Gasteiger partial charge is 0.286 e. The van der Waals surface area contributed by atoms with Crippen molar-refractivity contribution in [2.75, 3.05) is 26.3 Å². The van der Waals surface area contributed by atoms with Gasteiger partial charge in [0.2, 0.25) is 0 Å². The number of hydrogen-bond acceptors (Lipinski definition) is 6. The highest BCUT2D eigenvalue weighted by molar-refractivity contribution is 5.99. The molecule has 2 aliphatic heterocycles. The van der Waals surface area contributed by atoms with E-state index in [4.69, 9.17) is 14.2 Å². The second-order valence-electron chi connectivity index (χ2n) is 5.74. The lowest BCUT2D eigenvalue weighted by atomic mass is 10.1. The first-order chi connectivity index (χ1) is 11.0. The van der Waals surface area contributed by atoms with Crippen LogP contribution in [0, 0.1) is 10.1 Å². The molecular formula is C15H18N2O6. The summed E-state index contributed by atoms with van der Waals surface area (Å²) in [6.07, 6.45) is -0.224. The zero-order valence-corrected chi connectivity index (χ0v) is 13.0. The zero-order valence-electron chi connectivity index (χ0n) is 13.0. The molecule has 3 rings (SSSR count). The third-order valence-corrected chi connectivity index (χ3v) is 3.79. The number of carbonyl (C=O) groups is 1. The highest BCUT2D eigenvalue weighted by Gasteiger charge is 2.32. The topological polar surface area (TPSA) is 91.1 Å². The van der Waals surface area contributed by atoms with Gasteiger partial charge >= 0.3 is 0 Å². The molecule has 2 atom stereocenters. The SMILES string of the molecule is CC1CN(C(=O)c2cc3c(cc2[N+](=O)[O-])OCCO3)CC(C)O1. The number of carbonyl (C=O) groups excluding carboxylic acids is 1. The fourth-order valence-electron chi connectivity index (χ4n) is 2.91. The first-order valence-electron chi connectivity index (χ1n) is 7.48. The van der Waals surface area contributed by atoms with E-state index >= 15 is 0 Å². The van der Waals surface area contributed by atoms with Crippen molar-refractivity contribution in [3.8, 4) is 11.5 Å². The molecule has 1 amide bonds. The molecule has 2 aliphatic rings. The number of hydrogen-bond donors (Lipinski definition) is 0. The summed E-state index contributed by atoms with van der Waals surface area (Å²) < 4.78 is 16.4. The molecule has 1 aromatic carbocycles. The zero-order chi connectivity index (χ0) is 16.6. The highest BCUT2D eigenvalue weighted by atomic mass is 16.6. The van der Waals surface area contributed by atoms with Gasteiger partial charge in [-0.25, -0.2) is 0 Å². The average molecular weight is 322 g/mol. The Morgan fingerprint density at radius 3 is 2.30 bits per heavy atom. The van der Waals surface area contributed by atoms with Crippen LogP contribution in [0.5, 0.6) is 11.5 Å². The van der Waals surface area contributed by atoms with Crippen LogP contribution in [0.15, 0.2) is 12.1 Å². The monoisotopic (exact) mass is 322 g/mol. The van der Waals surface area contributed by atoms with E-state index in [-0.39, 0.29) is 23.5 Å². The van der Waals surface area contributed by atoms with Gasteiger partial charge in [-0.15, -0.1) is 0 Å². The lowest BCUT2D eigenvalue weighted by Gasteiger charge is -2.35. The Hall–Kier alpha value is -2.35. The molecule has 1 aromatic rings. The van der Waals surface area contributed by atoms with Crippen LogP contribution >= 0.6 is 0 Å². The number of nitrogens with zero attached hydrogens (tertiary/aromatic N) is 2. The van der Waals surface area contributed by atoms with Crippen LogP contribution in [-0.2, 0) is 4.74 Å². The quantitative estimate of drug-likeness (QED) is 0.607. The number of fused-ring (bicyclic) bond motifs is 1. The summed E-state index contributed by atoms with van der Waals surface area (Å²) in [6, 6.07) is 2.66. The Kier molecular flexibility index (Phi) is 4.08. The van der Waals surface area contributed by atoms with E-state index in [0.29, 0.717) is 37.8 Å². The van der Waals surface area contributed by atoms with Gasteiger partial charge in [-0.2, -0.15) is 0 Å². The van der Waals surface area contributed by atoms with Crippen LogP contribution in [0.25, 0.3) is 0 Å². The number of ether oxygens (including phenoxy) is 3. The normalized spacial score (nSPS) is 23.5. The van der Waals surface area contributed by atoms with Crippen LogP contribution in [-0.4, -0.2) is 54.2 Å². The van der Waals surface area contributed by atoms with E-state index in [0.717, 1.165) is 0 Å². The largest absolute Gasteiger partial charge is 0.486 e. The van der Waals surface area contributed by atoms with Crippen molar-refractivity contribution >= 4 is 11.6 Å². The molecular weight excluding hydrogens is 304 g/mol. The molecule has 23 heavy (non-hydrogen) atoms. The minimum atomic E-state index is -0.571. The van der Waals surface area contributed by atoms with Crippen molar-refractivity contribution in [1.82, 2.24) is 4.90 Å². The fourth-order valence-corrected chi connectivity index (χ4v) is 2.91. The number of morpholine rings is 1. The van der Waals surface area contributed by atoms with Crippen molar-refractivity contribution in [2.24, 2.45) is 0 Å². The predicted octanol–water partition coefficient (Wildman–Crippen LogP) is 1.62. The predicted molar refractivity (Wildman–Crippen MR) is 80.0 cm³/mol. The van der Waals surface area contributed by atoms with E-state index < -0.39 is 10.8 Å². The van der Waals surface area contributed by atoms with Gasteiger partial charge in [0.1, 0.15) is 18.8 Å². The second kappa shape index (κ2) is 6.04. The molecule has 1 fully saturated rings. The Labute approximate surface area is 133 Å². The molecule has 8 heteroatoms. The summed E-state index contributed by atoms with van der Waals surface area (Å²) in [5.41, 5.74) is -0.258. The van der Waals surface area contributed by atoms with E-state index in [1.807, 2.05) is 13.8 Å². The Morgan fingerprint density at radius 2 is 1.74 bits per heavy atom. The lowest BCUT2D eigenvalue weighted by Crippen LogP contribution is -2.48. The molecule has 0 aromatic heterocycles. The highest BCUT2D eigenvalue weighted by Crippen LogP contribution is 2.37. The van der Waals surface area contributed by atoms with Gasteiger partial charge in [-0.1, -0.05) is 0 Å². The molecule has 124 valence electrons. The van der Waals surface area contributed by atoms with Gasteiger partial charge in [0.05, 0.1) is 23.2 Å².